The van der Waals surface area contributed by atoms with E-state index in [0.29, 0.717) is 11.5 Å². The van der Waals surface area contributed by atoms with Crippen LogP contribution in [0.3, 0.4) is 0 Å². The fourth-order valence-corrected chi connectivity index (χ4v) is 1.33. The molecule has 0 saturated carbocycles. The zero-order chi connectivity index (χ0) is 12.1. The lowest BCUT2D eigenvalue weighted by molar-refractivity contribution is -0.142. The molecular weight excluding hydrogens is 206 g/mol. The Morgan fingerprint density at radius 3 is 2.75 bits per heavy atom. The monoisotopic (exact) mass is 223 g/mol. The third-order valence-electron chi connectivity index (χ3n) is 2.27. The van der Waals surface area contributed by atoms with Crippen LogP contribution in [0.4, 0.5) is 11.5 Å². The topological polar surface area (TPSA) is 77.2 Å². The molecule has 5 heteroatoms. The smallest absolute Gasteiger partial charge is 0.328 e. The van der Waals surface area contributed by atoms with Crippen molar-refractivity contribution in [2.24, 2.45) is 5.92 Å². The van der Waals surface area contributed by atoms with Crippen LogP contribution >= 0.6 is 0 Å². The first kappa shape index (κ1) is 12.3. The second-order valence-corrected chi connectivity index (χ2v) is 3.83. The summed E-state index contributed by atoms with van der Waals surface area (Å²) in [6, 6.07) is 3.12. The summed E-state index contributed by atoms with van der Waals surface area (Å²) in [6.45, 7) is 3.86. The van der Waals surface area contributed by atoms with E-state index < -0.39 is 6.04 Å². The van der Waals surface area contributed by atoms with Gasteiger partial charge in [0.15, 0.2) is 0 Å². The number of methoxy groups -OCH3 is 1. The molecular formula is C11H17N3O2. The Kier molecular flexibility index (Phi) is 4.10. The van der Waals surface area contributed by atoms with E-state index in [2.05, 4.69) is 10.3 Å². The first-order valence-corrected chi connectivity index (χ1v) is 5.11. The number of esters is 1. The average molecular weight is 223 g/mol. The molecule has 0 amide bonds. The number of carbonyl (C=O) groups excluding carboxylic acids is 1. The minimum atomic E-state index is -0.420. The van der Waals surface area contributed by atoms with Crippen LogP contribution in [-0.4, -0.2) is 24.1 Å². The van der Waals surface area contributed by atoms with Crippen molar-refractivity contribution < 1.29 is 9.53 Å². The maximum atomic E-state index is 11.5. The number of carbonyl (C=O) groups is 1. The first-order valence-electron chi connectivity index (χ1n) is 5.11. The number of ether oxygens (including phenoxy) is 1. The molecule has 0 spiro atoms. The number of nitrogens with two attached hydrogens (primary N) is 1. The molecule has 0 saturated heterocycles. The van der Waals surface area contributed by atoms with Gasteiger partial charge in [-0.15, -0.1) is 0 Å². The number of nitrogens with zero attached hydrogens (tertiary/aromatic N) is 1. The number of hydrogen-bond donors (Lipinski definition) is 2. The summed E-state index contributed by atoms with van der Waals surface area (Å²) in [5, 5.41) is 3.04. The van der Waals surface area contributed by atoms with Crippen LogP contribution in [-0.2, 0) is 9.53 Å². The summed E-state index contributed by atoms with van der Waals surface area (Å²) >= 11 is 0. The molecule has 3 N–H and O–H groups in total. The number of hydrogen-bond acceptors (Lipinski definition) is 5. The molecule has 0 bridgehead atoms. The van der Waals surface area contributed by atoms with Crippen LogP contribution in [0.15, 0.2) is 18.3 Å². The van der Waals surface area contributed by atoms with Crippen molar-refractivity contribution in [2.75, 3.05) is 18.2 Å². The summed E-state index contributed by atoms with van der Waals surface area (Å²) in [4.78, 5) is 15.5. The van der Waals surface area contributed by atoms with Gasteiger partial charge in [0.05, 0.1) is 12.8 Å². The van der Waals surface area contributed by atoms with Gasteiger partial charge in [-0.3, -0.25) is 0 Å². The zero-order valence-electron chi connectivity index (χ0n) is 9.73. The second-order valence-electron chi connectivity index (χ2n) is 3.83. The predicted molar refractivity (Wildman–Crippen MR) is 62.9 cm³/mol. The van der Waals surface area contributed by atoms with Gasteiger partial charge < -0.3 is 15.8 Å². The standard InChI is InChI=1S/C11H17N3O2/c1-7(2)9(11(15)16-3)14-8-5-4-6-13-10(8)12/h4-7,9,14H,1-3H3,(H2,12,13). The molecule has 1 heterocycles. The van der Waals surface area contributed by atoms with Crippen molar-refractivity contribution in [3.05, 3.63) is 18.3 Å². The SMILES string of the molecule is COC(=O)C(Nc1cccnc1N)C(C)C. The molecule has 1 aromatic heterocycles. The van der Waals surface area contributed by atoms with Gasteiger partial charge in [0.2, 0.25) is 0 Å². The van der Waals surface area contributed by atoms with E-state index in [1.54, 1.807) is 18.3 Å². The number of rotatable bonds is 4. The summed E-state index contributed by atoms with van der Waals surface area (Å²) < 4.78 is 4.72. The Morgan fingerprint density at radius 2 is 2.25 bits per heavy atom. The number of nitrogens with one attached hydrogen (secondary N) is 1. The maximum absolute atomic E-state index is 11.5. The molecule has 1 rings (SSSR count). The number of anilines is 2. The molecule has 0 aliphatic carbocycles. The Bertz CT molecular complexity index is 366. The fourth-order valence-electron chi connectivity index (χ4n) is 1.33. The normalized spacial score (nSPS) is 12.2. The highest BCUT2D eigenvalue weighted by Crippen LogP contribution is 2.18. The molecule has 1 unspecified atom stereocenters. The van der Waals surface area contributed by atoms with Gasteiger partial charge in [0, 0.05) is 6.20 Å². The largest absolute Gasteiger partial charge is 0.467 e. The molecule has 16 heavy (non-hydrogen) atoms. The van der Waals surface area contributed by atoms with Gasteiger partial charge in [-0.05, 0) is 18.1 Å². The minimum absolute atomic E-state index is 0.104. The summed E-state index contributed by atoms with van der Waals surface area (Å²) in [5.74, 6) is 0.169. The van der Waals surface area contributed by atoms with Crippen molar-refractivity contribution in [1.29, 1.82) is 0 Å². The lowest BCUT2D eigenvalue weighted by atomic mass is 10.0. The lowest BCUT2D eigenvalue weighted by Crippen LogP contribution is -2.35. The van der Waals surface area contributed by atoms with Gasteiger partial charge in [-0.2, -0.15) is 0 Å². The Labute approximate surface area is 95.0 Å². The van der Waals surface area contributed by atoms with E-state index in [1.165, 1.54) is 7.11 Å². The van der Waals surface area contributed by atoms with E-state index in [-0.39, 0.29) is 11.9 Å². The molecule has 0 aliphatic heterocycles. The Hall–Kier alpha value is -1.78. The molecule has 0 aliphatic rings. The Balaban J connectivity index is 2.84. The fraction of sp³-hybridized carbons (Fsp3) is 0.455. The highest BCUT2D eigenvalue weighted by molar-refractivity contribution is 5.80. The van der Waals surface area contributed by atoms with Crippen LogP contribution in [0, 0.1) is 5.92 Å². The van der Waals surface area contributed by atoms with E-state index in [1.807, 2.05) is 13.8 Å². The summed E-state index contributed by atoms with van der Waals surface area (Å²) in [7, 11) is 1.37. The maximum Gasteiger partial charge on any atom is 0.328 e. The van der Waals surface area contributed by atoms with E-state index in [4.69, 9.17) is 10.5 Å². The Morgan fingerprint density at radius 1 is 1.56 bits per heavy atom. The van der Waals surface area contributed by atoms with Crippen molar-refractivity contribution >= 4 is 17.5 Å². The molecule has 1 atom stereocenters. The first-order chi connectivity index (χ1) is 7.56. The third kappa shape index (κ3) is 2.85. The van der Waals surface area contributed by atoms with E-state index >= 15 is 0 Å². The summed E-state index contributed by atoms with van der Waals surface area (Å²) in [6.07, 6.45) is 1.60. The quantitative estimate of drug-likeness (QED) is 0.752. The van der Waals surface area contributed by atoms with Crippen LogP contribution in [0.5, 0.6) is 0 Å². The van der Waals surface area contributed by atoms with Crippen LogP contribution in [0.2, 0.25) is 0 Å². The van der Waals surface area contributed by atoms with Crippen molar-refractivity contribution in [3.63, 3.8) is 0 Å². The molecule has 88 valence electrons. The van der Waals surface area contributed by atoms with Gasteiger partial charge in [0.25, 0.3) is 0 Å². The lowest BCUT2D eigenvalue weighted by Gasteiger charge is -2.21. The van der Waals surface area contributed by atoms with Gasteiger partial charge >= 0.3 is 5.97 Å². The van der Waals surface area contributed by atoms with Crippen LogP contribution < -0.4 is 11.1 Å². The molecule has 0 fully saturated rings. The zero-order valence-corrected chi connectivity index (χ0v) is 9.73. The van der Waals surface area contributed by atoms with E-state index in [9.17, 15) is 4.79 Å². The molecule has 0 radical (unpaired) electrons. The average Bonchev–Trinajstić information content (AvgIpc) is 2.26. The van der Waals surface area contributed by atoms with Crippen molar-refractivity contribution in [2.45, 2.75) is 19.9 Å². The minimum Gasteiger partial charge on any atom is -0.467 e. The van der Waals surface area contributed by atoms with Gasteiger partial charge in [-0.1, -0.05) is 13.8 Å². The van der Waals surface area contributed by atoms with E-state index in [0.717, 1.165) is 0 Å². The van der Waals surface area contributed by atoms with Crippen molar-refractivity contribution in [1.82, 2.24) is 4.98 Å². The molecule has 1 aromatic rings. The van der Waals surface area contributed by atoms with Crippen molar-refractivity contribution in [3.8, 4) is 0 Å². The van der Waals surface area contributed by atoms with Crippen LogP contribution in [0.25, 0.3) is 0 Å². The highest BCUT2D eigenvalue weighted by Gasteiger charge is 2.23. The second kappa shape index (κ2) is 5.34. The molecule has 0 aromatic carbocycles. The van der Waals surface area contributed by atoms with Gasteiger partial charge in [0.1, 0.15) is 11.9 Å². The summed E-state index contributed by atoms with van der Waals surface area (Å²) in [5.41, 5.74) is 6.33. The van der Waals surface area contributed by atoms with Gasteiger partial charge in [-0.25, -0.2) is 9.78 Å². The molecule has 5 nitrogen and oxygen atoms in total. The third-order valence-corrected chi connectivity index (χ3v) is 2.27. The highest BCUT2D eigenvalue weighted by atomic mass is 16.5. The predicted octanol–water partition coefficient (Wildman–Crippen LogP) is 1.27. The number of nitrogen functional groups attached to an aromatic ring is 1. The van der Waals surface area contributed by atoms with Crippen LogP contribution in [0.1, 0.15) is 13.8 Å². The number of aromatic nitrogens is 1. The number of pyridine rings is 1.